The minimum absolute atomic E-state index is 0. The maximum Gasteiger partial charge on any atom is 0.220 e. The molecule has 3 N–H and O–H groups in total. The van der Waals surface area contributed by atoms with Gasteiger partial charge in [-0.25, -0.2) is 4.39 Å². The second-order valence-electron chi connectivity index (χ2n) is 5.02. The average Bonchev–Trinajstić information content (AvgIpc) is 2.36. The fraction of sp³-hybridized carbons (Fsp3) is 0.500. The Morgan fingerprint density at radius 3 is 2.65 bits per heavy atom. The molecule has 1 aromatic rings. The van der Waals surface area contributed by atoms with Crippen molar-refractivity contribution in [2.45, 2.75) is 32.2 Å². The molecule has 0 bridgehead atoms. The van der Waals surface area contributed by atoms with Gasteiger partial charge in [0.2, 0.25) is 5.91 Å². The second kappa shape index (κ2) is 8.76. The van der Waals surface area contributed by atoms with E-state index in [9.17, 15) is 9.18 Å². The molecular weight excluding hydrogens is 283 g/mol. The molecule has 0 atom stereocenters. The second-order valence-corrected chi connectivity index (χ2v) is 5.02. The Bertz CT molecular complexity index is 427. The summed E-state index contributed by atoms with van der Waals surface area (Å²) in [6, 6.07) is 6.21. The maximum absolute atomic E-state index is 13.2. The SMILES string of the molecule is CC(C)(CN)NC(=O)CCCOc1ccccc1F.Cl. The van der Waals surface area contributed by atoms with Gasteiger partial charge in [-0.15, -0.1) is 12.4 Å². The van der Waals surface area contributed by atoms with Crippen LogP contribution in [0.5, 0.6) is 5.75 Å². The van der Waals surface area contributed by atoms with Crippen LogP contribution in [0.15, 0.2) is 24.3 Å². The highest BCUT2D eigenvalue weighted by atomic mass is 35.5. The smallest absolute Gasteiger partial charge is 0.220 e. The Hall–Kier alpha value is -1.33. The Balaban J connectivity index is 0.00000361. The highest BCUT2D eigenvalue weighted by Crippen LogP contribution is 2.15. The lowest BCUT2D eigenvalue weighted by Crippen LogP contribution is -2.48. The third-order valence-corrected chi connectivity index (χ3v) is 2.63. The van der Waals surface area contributed by atoms with Crippen LogP contribution in [0.4, 0.5) is 4.39 Å². The normalized spacial score (nSPS) is 10.6. The van der Waals surface area contributed by atoms with E-state index in [-0.39, 0.29) is 24.1 Å². The molecule has 114 valence electrons. The number of nitrogens with one attached hydrogen (secondary N) is 1. The predicted molar refractivity (Wildman–Crippen MR) is 79.7 cm³/mol. The van der Waals surface area contributed by atoms with E-state index >= 15 is 0 Å². The van der Waals surface area contributed by atoms with E-state index in [4.69, 9.17) is 10.5 Å². The zero-order chi connectivity index (χ0) is 14.3. The number of rotatable bonds is 7. The van der Waals surface area contributed by atoms with E-state index in [1.165, 1.54) is 6.07 Å². The lowest BCUT2D eigenvalue weighted by Gasteiger charge is -2.24. The Labute approximate surface area is 125 Å². The molecule has 0 aromatic heterocycles. The van der Waals surface area contributed by atoms with Crippen LogP contribution < -0.4 is 15.8 Å². The zero-order valence-electron chi connectivity index (χ0n) is 11.8. The van der Waals surface area contributed by atoms with Crippen molar-refractivity contribution >= 4 is 18.3 Å². The van der Waals surface area contributed by atoms with Crippen molar-refractivity contribution in [1.29, 1.82) is 0 Å². The molecule has 0 radical (unpaired) electrons. The van der Waals surface area contributed by atoms with Crippen molar-refractivity contribution in [2.75, 3.05) is 13.2 Å². The van der Waals surface area contributed by atoms with Crippen LogP contribution in [0, 0.1) is 5.82 Å². The van der Waals surface area contributed by atoms with E-state index in [1.807, 2.05) is 13.8 Å². The number of hydrogen-bond acceptors (Lipinski definition) is 3. The van der Waals surface area contributed by atoms with E-state index in [2.05, 4.69) is 5.32 Å². The van der Waals surface area contributed by atoms with Gasteiger partial charge in [0.25, 0.3) is 0 Å². The summed E-state index contributed by atoms with van der Waals surface area (Å²) >= 11 is 0. The minimum atomic E-state index is -0.399. The number of para-hydroxylation sites is 1. The first kappa shape index (κ1) is 18.7. The molecule has 0 aliphatic carbocycles. The minimum Gasteiger partial charge on any atom is -0.491 e. The van der Waals surface area contributed by atoms with Crippen molar-refractivity contribution < 1.29 is 13.9 Å². The number of halogens is 2. The fourth-order valence-electron chi connectivity index (χ4n) is 1.47. The third kappa shape index (κ3) is 6.73. The van der Waals surface area contributed by atoms with Gasteiger partial charge in [0.1, 0.15) is 0 Å². The van der Waals surface area contributed by atoms with Gasteiger partial charge in [-0.2, -0.15) is 0 Å². The zero-order valence-corrected chi connectivity index (χ0v) is 12.6. The number of carbonyl (C=O) groups is 1. The fourth-order valence-corrected chi connectivity index (χ4v) is 1.47. The number of amides is 1. The third-order valence-electron chi connectivity index (χ3n) is 2.63. The monoisotopic (exact) mass is 304 g/mol. The van der Waals surface area contributed by atoms with E-state index in [0.717, 1.165) is 0 Å². The van der Waals surface area contributed by atoms with Crippen LogP contribution in [0.25, 0.3) is 0 Å². The number of carbonyl (C=O) groups excluding carboxylic acids is 1. The predicted octanol–water partition coefficient (Wildman–Crippen LogP) is 2.26. The molecule has 0 saturated carbocycles. The maximum atomic E-state index is 13.2. The molecule has 0 aliphatic heterocycles. The van der Waals surface area contributed by atoms with Gasteiger partial charge in [-0.1, -0.05) is 12.1 Å². The summed E-state index contributed by atoms with van der Waals surface area (Å²) in [6.45, 7) is 4.41. The van der Waals surface area contributed by atoms with Gasteiger partial charge in [0.05, 0.1) is 6.61 Å². The van der Waals surface area contributed by atoms with Crippen LogP contribution in [0.3, 0.4) is 0 Å². The van der Waals surface area contributed by atoms with Crippen LogP contribution in [0.2, 0.25) is 0 Å². The first-order valence-electron chi connectivity index (χ1n) is 6.33. The van der Waals surface area contributed by atoms with Crippen LogP contribution in [-0.4, -0.2) is 24.6 Å². The largest absolute Gasteiger partial charge is 0.491 e. The number of benzene rings is 1. The molecule has 0 fully saturated rings. The molecular formula is C14H22ClFN2O2. The van der Waals surface area contributed by atoms with Crippen molar-refractivity contribution in [3.05, 3.63) is 30.1 Å². The molecule has 6 heteroatoms. The lowest BCUT2D eigenvalue weighted by atomic mass is 10.1. The topological polar surface area (TPSA) is 64.3 Å². The van der Waals surface area contributed by atoms with Crippen LogP contribution in [0.1, 0.15) is 26.7 Å². The van der Waals surface area contributed by atoms with Gasteiger partial charge in [0.15, 0.2) is 11.6 Å². The molecule has 0 unspecified atom stereocenters. The lowest BCUT2D eigenvalue weighted by molar-refractivity contribution is -0.122. The molecule has 1 aromatic carbocycles. The summed E-state index contributed by atoms with van der Waals surface area (Å²) in [7, 11) is 0. The van der Waals surface area contributed by atoms with Gasteiger partial charge in [-0.3, -0.25) is 4.79 Å². The average molecular weight is 305 g/mol. The Morgan fingerprint density at radius 1 is 1.40 bits per heavy atom. The van der Waals surface area contributed by atoms with Crippen molar-refractivity contribution in [3.8, 4) is 5.75 Å². The number of nitrogens with two attached hydrogens (primary N) is 1. The molecule has 0 spiro atoms. The van der Waals surface area contributed by atoms with E-state index in [1.54, 1.807) is 18.2 Å². The number of ether oxygens (including phenoxy) is 1. The van der Waals surface area contributed by atoms with Gasteiger partial charge in [0, 0.05) is 18.5 Å². The van der Waals surface area contributed by atoms with Gasteiger partial charge in [-0.05, 0) is 32.4 Å². The van der Waals surface area contributed by atoms with Crippen molar-refractivity contribution in [1.82, 2.24) is 5.32 Å². The van der Waals surface area contributed by atoms with Gasteiger partial charge < -0.3 is 15.8 Å². The molecule has 0 heterocycles. The summed E-state index contributed by atoms with van der Waals surface area (Å²) in [5.74, 6) is -0.256. The van der Waals surface area contributed by atoms with E-state index in [0.29, 0.717) is 26.0 Å². The van der Waals surface area contributed by atoms with Crippen molar-refractivity contribution in [3.63, 3.8) is 0 Å². The number of hydrogen-bond donors (Lipinski definition) is 2. The first-order valence-corrected chi connectivity index (χ1v) is 6.33. The molecule has 0 aliphatic rings. The summed E-state index contributed by atoms with van der Waals surface area (Å²) in [4.78, 5) is 11.6. The summed E-state index contributed by atoms with van der Waals surface area (Å²) < 4.78 is 18.5. The van der Waals surface area contributed by atoms with Crippen molar-refractivity contribution in [2.24, 2.45) is 5.73 Å². The molecule has 20 heavy (non-hydrogen) atoms. The summed E-state index contributed by atoms with van der Waals surface area (Å²) in [6.07, 6.45) is 0.860. The quantitative estimate of drug-likeness (QED) is 0.760. The Kier molecular flexibility index (Phi) is 8.18. The molecule has 1 amide bonds. The Morgan fingerprint density at radius 2 is 2.05 bits per heavy atom. The first-order chi connectivity index (χ1) is 8.94. The van der Waals surface area contributed by atoms with Crippen LogP contribution in [-0.2, 0) is 4.79 Å². The molecule has 1 rings (SSSR count). The van der Waals surface area contributed by atoms with Crippen LogP contribution >= 0.6 is 12.4 Å². The van der Waals surface area contributed by atoms with E-state index < -0.39 is 11.4 Å². The summed E-state index contributed by atoms with van der Waals surface area (Å²) in [5.41, 5.74) is 5.12. The summed E-state index contributed by atoms with van der Waals surface area (Å²) in [5, 5.41) is 2.82. The van der Waals surface area contributed by atoms with Gasteiger partial charge >= 0.3 is 0 Å². The highest BCUT2D eigenvalue weighted by molar-refractivity contribution is 5.85. The standard InChI is InChI=1S/C14H21FN2O2.ClH/c1-14(2,10-16)17-13(18)8-5-9-19-12-7-4-3-6-11(12)15;/h3-4,6-7H,5,8-10,16H2,1-2H3,(H,17,18);1H. The molecule has 0 saturated heterocycles. The highest BCUT2D eigenvalue weighted by Gasteiger charge is 2.17. The molecule has 4 nitrogen and oxygen atoms in total.